The molecule has 2 rings (SSSR count). The molecule has 0 radical (unpaired) electrons. The van der Waals surface area contributed by atoms with Crippen LogP contribution in [0.3, 0.4) is 0 Å². The second kappa shape index (κ2) is 3.53. The first-order valence-electron chi connectivity index (χ1n) is 5.72. The largest absolute Gasteiger partial charge is 0.511 e. The summed E-state index contributed by atoms with van der Waals surface area (Å²) in [6.07, 6.45) is 4.50. The third kappa shape index (κ3) is 1.93. The molecule has 0 aliphatic carbocycles. The molecule has 3 nitrogen and oxygen atoms in total. The Hall–Kier alpha value is -0.475. The molecule has 0 spiro atoms. The molecule has 0 aromatic rings. The summed E-state index contributed by atoms with van der Waals surface area (Å²) in [4.78, 5) is 0. The lowest BCUT2D eigenvalue weighted by molar-refractivity contribution is 0.00578. The summed E-state index contributed by atoms with van der Waals surface area (Å²) in [6, 6.07) is 0. The molecule has 0 aromatic carbocycles. The van der Waals surface area contributed by atoms with Gasteiger partial charge in [0.25, 0.3) is 0 Å². The quantitative estimate of drug-likeness (QED) is 0.669. The van der Waals surface area contributed by atoms with Crippen molar-refractivity contribution in [3.8, 4) is 0 Å². The highest BCUT2D eigenvalue weighted by molar-refractivity contribution is 6.54. The molecular weight excluding hydrogens is 189 g/mol. The van der Waals surface area contributed by atoms with Crippen molar-refractivity contribution in [2.24, 2.45) is 0 Å². The van der Waals surface area contributed by atoms with Crippen LogP contribution in [0.5, 0.6) is 0 Å². The zero-order chi connectivity index (χ0) is 11.1. The van der Waals surface area contributed by atoms with Gasteiger partial charge in [0.2, 0.25) is 0 Å². The molecule has 84 valence electrons. The zero-order valence-electron chi connectivity index (χ0n) is 10.1. The van der Waals surface area contributed by atoms with Gasteiger partial charge in [0.05, 0.1) is 11.2 Å². The molecule has 0 atom stereocenters. The molecule has 0 aromatic heterocycles. The van der Waals surface area contributed by atoms with Gasteiger partial charge in [0.1, 0.15) is 0 Å². The van der Waals surface area contributed by atoms with Gasteiger partial charge in [-0.3, -0.25) is 0 Å². The molecule has 2 heterocycles. The van der Waals surface area contributed by atoms with Crippen LogP contribution < -0.4 is 5.32 Å². The van der Waals surface area contributed by atoms with Crippen molar-refractivity contribution in [3.05, 3.63) is 11.7 Å². The predicted molar refractivity (Wildman–Crippen MR) is 61.4 cm³/mol. The van der Waals surface area contributed by atoms with Crippen LogP contribution in [-0.2, 0) is 9.31 Å². The van der Waals surface area contributed by atoms with E-state index in [9.17, 15) is 0 Å². The van der Waals surface area contributed by atoms with E-state index in [-0.39, 0.29) is 18.3 Å². The summed E-state index contributed by atoms with van der Waals surface area (Å²) in [7, 11) is -0.213. The lowest BCUT2D eigenvalue weighted by Gasteiger charge is -2.32. The van der Waals surface area contributed by atoms with Gasteiger partial charge in [0, 0.05) is 12.1 Å². The van der Waals surface area contributed by atoms with Crippen LogP contribution in [0.25, 0.3) is 0 Å². The van der Waals surface area contributed by atoms with Crippen molar-refractivity contribution >= 4 is 7.12 Å². The normalized spacial score (nSPS) is 28.5. The fourth-order valence-corrected chi connectivity index (χ4v) is 1.81. The number of hydrogen-bond donors (Lipinski definition) is 1. The van der Waals surface area contributed by atoms with Crippen molar-refractivity contribution in [2.75, 3.05) is 6.54 Å². The van der Waals surface area contributed by atoms with E-state index in [1.807, 2.05) is 0 Å². The average Bonchev–Trinajstić information content (AvgIpc) is 2.38. The molecule has 2 aliphatic heterocycles. The molecule has 1 saturated heterocycles. The number of nitrogens with one attached hydrogen (secondary N) is 1. The molecule has 0 amide bonds. The minimum Gasteiger partial charge on any atom is -0.398 e. The minimum absolute atomic E-state index is 0.213. The van der Waals surface area contributed by atoms with Crippen molar-refractivity contribution in [1.29, 1.82) is 0 Å². The zero-order valence-corrected chi connectivity index (χ0v) is 10.1. The molecule has 1 fully saturated rings. The Bertz CT molecular complexity index is 270. The van der Waals surface area contributed by atoms with E-state index in [4.69, 9.17) is 9.31 Å². The van der Waals surface area contributed by atoms with E-state index in [0.29, 0.717) is 0 Å². The maximum Gasteiger partial charge on any atom is 0.511 e. The highest BCUT2D eigenvalue weighted by Crippen LogP contribution is 2.38. The van der Waals surface area contributed by atoms with Crippen molar-refractivity contribution in [1.82, 2.24) is 5.32 Å². The topological polar surface area (TPSA) is 30.5 Å². The monoisotopic (exact) mass is 209 g/mol. The Balaban J connectivity index is 2.12. The lowest BCUT2D eigenvalue weighted by atomic mass is 9.82. The Morgan fingerprint density at radius 3 is 2.27 bits per heavy atom. The maximum absolute atomic E-state index is 5.95. The predicted octanol–water partition coefficient (Wildman–Crippen LogP) is 1.89. The average molecular weight is 209 g/mol. The first-order valence-corrected chi connectivity index (χ1v) is 5.72. The number of hydrogen-bond acceptors (Lipinski definition) is 3. The molecule has 4 heteroatoms. The van der Waals surface area contributed by atoms with Crippen LogP contribution in [-0.4, -0.2) is 24.9 Å². The highest BCUT2D eigenvalue weighted by Gasteiger charge is 2.52. The van der Waals surface area contributed by atoms with Crippen LogP contribution in [0.4, 0.5) is 0 Å². The van der Waals surface area contributed by atoms with Crippen LogP contribution in [0, 0.1) is 0 Å². The van der Waals surface area contributed by atoms with Gasteiger partial charge < -0.3 is 14.6 Å². The number of rotatable bonds is 1. The second-order valence-corrected chi connectivity index (χ2v) is 5.32. The number of allylic oxidation sites excluding steroid dienone is 1. The van der Waals surface area contributed by atoms with Crippen LogP contribution in [0.15, 0.2) is 11.7 Å². The maximum atomic E-state index is 5.95. The van der Waals surface area contributed by atoms with Gasteiger partial charge >= 0.3 is 7.12 Å². The molecule has 0 bridgehead atoms. The fraction of sp³-hybridized carbons (Fsp3) is 0.818. The minimum atomic E-state index is -0.238. The van der Waals surface area contributed by atoms with E-state index in [2.05, 4.69) is 39.1 Å². The van der Waals surface area contributed by atoms with Gasteiger partial charge in [-0.2, -0.15) is 0 Å². The highest BCUT2D eigenvalue weighted by atomic mass is 16.7. The van der Waals surface area contributed by atoms with Crippen molar-refractivity contribution in [3.63, 3.8) is 0 Å². The second-order valence-electron chi connectivity index (χ2n) is 5.32. The third-order valence-corrected chi connectivity index (χ3v) is 3.58. The summed E-state index contributed by atoms with van der Waals surface area (Å²) >= 11 is 0. The van der Waals surface area contributed by atoms with E-state index >= 15 is 0 Å². The SMILES string of the molecule is CC1(C)OB(C2=CCCCN2)OC1(C)C. The fourth-order valence-electron chi connectivity index (χ4n) is 1.81. The van der Waals surface area contributed by atoms with E-state index in [1.54, 1.807) is 0 Å². The molecule has 0 unspecified atom stereocenters. The Morgan fingerprint density at radius 1 is 1.20 bits per heavy atom. The van der Waals surface area contributed by atoms with Gasteiger partial charge in [-0.25, -0.2) is 0 Å². The van der Waals surface area contributed by atoms with Crippen LogP contribution in [0.2, 0.25) is 0 Å². The van der Waals surface area contributed by atoms with Gasteiger partial charge in [-0.05, 0) is 40.5 Å². The smallest absolute Gasteiger partial charge is 0.398 e. The Morgan fingerprint density at radius 2 is 1.80 bits per heavy atom. The molecular formula is C11H20BNO2. The van der Waals surface area contributed by atoms with E-state index in [0.717, 1.165) is 18.6 Å². The van der Waals surface area contributed by atoms with Gasteiger partial charge in [-0.15, -0.1) is 0 Å². The Kier molecular flexibility index (Phi) is 2.59. The first-order chi connectivity index (χ1) is 6.92. The summed E-state index contributed by atoms with van der Waals surface area (Å²) in [5.41, 5.74) is 0.620. The molecule has 1 N–H and O–H groups in total. The molecule has 2 aliphatic rings. The van der Waals surface area contributed by atoms with E-state index in [1.165, 1.54) is 6.42 Å². The summed E-state index contributed by atoms with van der Waals surface area (Å²) in [5.74, 6) is 0. The van der Waals surface area contributed by atoms with Gasteiger partial charge in [0.15, 0.2) is 0 Å². The summed E-state index contributed by atoms with van der Waals surface area (Å²) in [5, 5.41) is 3.35. The molecule has 15 heavy (non-hydrogen) atoms. The standard InChI is InChI=1S/C11H20BNO2/c1-10(2)11(3,4)15-12(14-10)9-7-5-6-8-13-9/h7,13H,5-6,8H2,1-4H3. The summed E-state index contributed by atoms with van der Waals surface area (Å²) < 4.78 is 11.9. The first kappa shape index (κ1) is 11.0. The van der Waals surface area contributed by atoms with Crippen LogP contribution in [0.1, 0.15) is 40.5 Å². The molecule has 0 saturated carbocycles. The van der Waals surface area contributed by atoms with Crippen molar-refractivity contribution < 1.29 is 9.31 Å². The van der Waals surface area contributed by atoms with Gasteiger partial charge in [-0.1, -0.05) is 6.08 Å². The third-order valence-electron chi connectivity index (χ3n) is 3.58. The summed E-state index contributed by atoms with van der Waals surface area (Å²) in [6.45, 7) is 9.34. The van der Waals surface area contributed by atoms with E-state index < -0.39 is 0 Å². The lowest BCUT2D eigenvalue weighted by Crippen LogP contribution is -2.41. The Labute approximate surface area is 92.4 Å². The van der Waals surface area contributed by atoms with Crippen LogP contribution >= 0.6 is 0 Å². The van der Waals surface area contributed by atoms with Crippen molar-refractivity contribution in [2.45, 2.75) is 51.7 Å².